The van der Waals surface area contributed by atoms with E-state index in [1.807, 2.05) is 18.2 Å². The van der Waals surface area contributed by atoms with Crippen LogP contribution in [0.4, 0.5) is 5.69 Å². The lowest BCUT2D eigenvalue weighted by molar-refractivity contribution is -0.125. The van der Waals surface area contributed by atoms with Crippen molar-refractivity contribution in [3.8, 4) is 17.6 Å². The summed E-state index contributed by atoms with van der Waals surface area (Å²) in [5.41, 5.74) is 0.818. The van der Waals surface area contributed by atoms with Gasteiger partial charge in [0, 0.05) is 4.47 Å². The second-order valence-corrected chi connectivity index (χ2v) is 5.57. The van der Waals surface area contributed by atoms with E-state index in [2.05, 4.69) is 21.2 Å². The van der Waals surface area contributed by atoms with Crippen LogP contribution < -0.4 is 14.8 Å². The Balaban J connectivity index is 1.75. The predicted octanol–water partition coefficient (Wildman–Crippen LogP) is 3.10. The first-order valence-corrected chi connectivity index (χ1v) is 7.35. The average molecular weight is 359 g/mol. The van der Waals surface area contributed by atoms with Crippen molar-refractivity contribution in [3.63, 3.8) is 0 Å². The number of nitrogens with one attached hydrogen (secondary N) is 1. The van der Waals surface area contributed by atoms with E-state index in [9.17, 15) is 4.79 Å². The van der Waals surface area contributed by atoms with Gasteiger partial charge in [-0.1, -0.05) is 28.1 Å². The zero-order valence-electron chi connectivity index (χ0n) is 11.4. The summed E-state index contributed by atoms with van der Waals surface area (Å²) in [4.78, 5) is 12.3. The van der Waals surface area contributed by atoms with Crippen molar-refractivity contribution in [2.45, 2.75) is 6.10 Å². The van der Waals surface area contributed by atoms with Crippen molar-refractivity contribution >= 4 is 27.5 Å². The largest absolute Gasteiger partial charge is 0.485 e. The maximum atomic E-state index is 12.3. The lowest BCUT2D eigenvalue weighted by atomic mass is 10.2. The Kier molecular flexibility index (Phi) is 3.98. The average Bonchev–Trinajstić information content (AvgIpc) is 2.55. The minimum Gasteiger partial charge on any atom is -0.485 e. The Morgan fingerprint density at radius 3 is 2.82 bits per heavy atom. The van der Waals surface area contributed by atoms with Gasteiger partial charge >= 0.3 is 0 Å². The molecule has 2 aromatic rings. The maximum Gasteiger partial charge on any atom is 0.269 e. The highest BCUT2D eigenvalue weighted by Crippen LogP contribution is 2.31. The van der Waals surface area contributed by atoms with E-state index < -0.39 is 6.10 Å². The standard InChI is InChI=1S/C16H11BrN2O3/c17-11-5-6-12(10(7-11)8-18)19-16(20)15-9-21-13-3-1-2-4-14(13)22-15/h1-7,15H,9H2,(H,19,20). The van der Waals surface area contributed by atoms with Gasteiger partial charge in [0.2, 0.25) is 6.10 Å². The number of rotatable bonds is 2. The zero-order valence-corrected chi connectivity index (χ0v) is 13.0. The molecule has 1 aliphatic rings. The number of ether oxygens (including phenoxy) is 2. The number of amides is 1. The summed E-state index contributed by atoms with van der Waals surface area (Å²) >= 11 is 3.29. The molecule has 5 nitrogen and oxygen atoms in total. The van der Waals surface area contributed by atoms with Gasteiger partial charge in [-0.2, -0.15) is 5.26 Å². The summed E-state index contributed by atoms with van der Waals surface area (Å²) in [5.74, 6) is 0.798. The van der Waals surface area contributed by atoms with Crippen LogP contribution in [0.15, 0.2) is 46.9 Å². The summed E-state index contributed by atoms with van der Waals surface area (Å²) in [6.07, 6.45) is -0.759. The van der Waals surface area contributed by atoms with Gasteiger partial charge in [-0.3, -0.25) is 4.79 Å². The number of hydrogen-bond acceptors (Lipinski definition) is 4. The third kappa shape index (κ3) is 2.90. The first-order valence-electron chi connectivity index (χ1n) is 6.56. The number of hydrogen-bond donors (Lipinski definition) is 1. The molecular formula is C16H11BrN2O3. The summed E-state index contributed by atoms with van der Waals surface area (Å²) in [7, 11) is 0. The SMILES string of the molecule is N#Cc1cc(Br)ccc1NC(=O)C1COc2ccccc2O1. The van der Waals surface area contributed by atoms with Gasteiger partial charge in [0.1, 0.15) is 12.7 Å². The van der Waals surface area contributed by atoms with Gasteiger partial charge in [0.05, 0.1) is 11.3 Å². The molecule has 110 valence electrons. The number of carbonyl (C=O) groups is 1. The van der Waals surface area contributed by atoms with Crippen LogP contribution in [0.2, 0.25) is 0 Å². The summed E-state index contributed by atoms with van der Waals surface area (Å²) in [5, 5.41) is 11.8. The Labute approximate surface area is 135 Å². The molecule has 1 heterocycles. The monoisotopic (exact) mass is 358 g/mol. The van der Waals surface area contributed by atoms with E-state index >= 15 is 0 Å². The number of nitrogens with zero attached hydrogens (tertiary/aromatic N) is 1. The van der Waals surface area contributed by atoms with E-state index in [4.69, 9.17) is 14.7 Å². The molecule has 0 aromatic heterocycles. The van der Waals surface area contributed by atoms with Crippen molar-refractivity contribution in [2.75, 3.05) is 11.9 Å². The van der Waals surface area contributed by atoms with Gasteiger partial charge in [-0.15, -0.1) is 0 Å². The van der Waals surface area contributed by atoms with Crippen LogP contribution in [0.3, 0.4) is 0 Å². The fraction of sp³-hybridized carbons (Fsp3) is 0.125. The van der Waals surface area contributed by atoms with E-state index in [1.165, 1.54) is 0 Å². The highest BCUT2D eigenvalue weighted by molar-refractivity contribution is 9.10. The molecule has 1 unspecified atom stereocenters. The summed E-state index contributed by atoms with van der Waals surface area (Å²) < 4.78 is 11.9. The van der Waals surface area contributed by atoms with E-state index in [0.29, 0.717) is 22.7 Å². The minimum atomic E-state index is -0.759. The number of carbonyl (C=O) groups excluding carboxylic acids is 1. The molecule has 0 spiro atoms. The lowest BCUT2D eigenvalue weighted by Crippen LogP contribution is -2.40. The van der Waals surface area contributed by atoms with E-state index in [-0.39, 0.29) is 12.5 Å². The molecule has 0 fully saturated rings. The highest BCUT2D eigenvalue weighted by atomic mass is 79.9. The van der Waals surface area contributed by atoms with Crippen molar-refractivity contribution < 1.29 is 14.3 Å². The van der Waals surface area contributed by atoms with Crippen molar-refractivity contribution in [1.29, 1.82) is 5.26 Å². The van der Waals surface area contributed by atoms with Crippen LogP contribution in [0.25, 0.3) is 0 Å². The van der Waals surface area contributed by atoms with Gasteiger partial charge < -0.3 is 14.8 Å². The van der Waals surface area contributed by atoms with Crippen LogP contribution in [0.5, 0.6) is 11.5 Å². The molecule has 0 saturated carbocycles. The zero-order chi connectivity index (χ0) is 15.5. The molecule has 1 atom stereocenters. The second kappa shape index (κ2) is 6.08. The number of anilines is 1. The quantitative estimate of drug-likeness (QED) is 0.895. The highest BCUT2D eigenvalue weighted by Gasteiger charge is 2.27. The molecule has 3 rings (SSSR count). The molecule has 6 heteroatoms. The fourth-order valence-electron chi connectivity index (χ4n) is 2.08. The van der Waals surface area contributed by atoms with Crippen LogP contribution in [-0.4, -0.2) is 18.6 Å². The first-order chi connectivity index (χ1) is 10.7. The Hall–Kier alpha value is -2.52. The smallest absolute Gasteiger partial charge is 0.269 e. The van der Waals surface area contributed by atoms with Crippen LogP contribution in [0, 0.1) is 11.3 Å². The van der Waals surface area contributed by atoms with Crippen LogP contribution in [-0.2, 0) is 4.79 Å². The molecule has 0 saturated heterocycles. The van der Waals surface area contributed by atoms with Crippen LogP contribution in [0.1, 0.15) is 5.56 Å². The number of nitriles is 1. The molecule has 0 aliphatic carbocycles. The van der Waals surface area contributed by atoms with Crippen LogP contribution >= 0.6 is 15.9 Å². The Morgan fingerprint density at radius 2 is 2.05 bits per heavy atom. The van der Waals surface area contributed by atoms with Crippen molar-refractivity contribution in [2.24, 2.45) is 0 Å². The topological polar surface area (TPSA) is 71.4 Å². The van der Waals surface area contributed by atoms with Gasteiger partial charge in [0.25, 0.3) is 5.91 Å². The van der Waals surface area contributed by atoms with Crippen molar-refractivity contribution in [3.05, 3.63) is 52.5 Å². The Bertz CT molecular complexity index is 770. The van der Waals surface area contributed by atoms with Gasteiger partial charge in [-0.05, 0) is 30.3 Å². The molecule has 0 radical (unpaired) electrons. The third-order valence-electron chi connectivity index (χ3n) is 3.16. The Morgan fingerprint density at radius 1 is 1.27 bits per heavy atom. The molecular weight excluding hydrogens is 348 g/mol. The minimum absolute atomic E-state index is 0.126. The number of halogens is 1. The third-order valence-corrected chi connectivity index (χ3v) is 3.65. The van der Waals surface area contributed by atoms with Gasteiger partial charge in [-0.25, -0.2) is 0 Å². The summed E-state index contributed by atoms with van der Waals surface area (Å²) in [6.45, 7) is 0.126. The normalized spacial score (nSPS) is 15.7. The van der Waals surface area contributed by atoms with E-state index in [0.717, 1.165) is 4.47 Å². The van der Waals surface area contributed by atoms with E-state index in [1.54, 1.807) is 30.3 Å². The molecule has 1 aliphatic heterocycles. The number of fused-ring (bicyclic) bond motifs is 1. The first kappa shape index (κ1) is 14.4. The predicted molar refractivity (Wildman–Crippen MR) is 83.8 cm³/mol. The number of benzene rings is 2. The molecule has 1 N–H and O–H groups in total. The van der Waals surface area contributed by atoms with Crippen molar-refractivity contribution in [1.82, 2.24) is 0 Å². The molecule has 22 heavy (non-hydrogen) atoms. The molecule has 0 bridgehead atoms. The maximum absolute atomic E-state index is 12.3. The lowest BCUT2D eigenvalue weighted by Gasteiger charge is -2.25. The second-order valence-electron chi connectivity index (χ2n) is 4.66. The number of para-hydroxylation sites is 2. The fourth-order valence-corrected chi connectivity index (χ4v) is 2.44. The molecule has 1 amide bonds. The summed E-state index contributed by atoms with van der Waals surface area (Å²) in [6, 6.07) is 14.3. The van der Waals surface area contributed by atoms with Gasteiger partial charge in [0.15, 0.2) is 11.5 Å². The molecule has 2 aromatic carbocycles.